The van der Waals surface area contributed by atoms with Crippen molar-refractivity contribution in [3.8, 4) is 56.5 Å². The Hall–Kier alpha value is -6.52. The molecule has 10 rings (SSSR count). The second-order valence-corrected chi connectivity index (χ2v) is 14.2. The Labute approximate surface area is 303 Å². The van der Waals surface area contributed by atoms with Gasteiger partial charge in [-0.3, -0.25) is 4.98 Å². The summed E-state index contributed by atoms with van der Waals surface area (Å²) in [7, 11) is 0. The van der Waals surface area contributed by atoms with Gasteiger partial charge in [0.2, 0.25) is 0 Å². The Bertz CT molecular complexity index is 2550. The molecule has 0 N–H and O–H groups in total. The van der Waals surface area contributed by atoms with E-state index >= 15 is 0 Å². The molecule has 0 bridgehead atoms. The first-order valence-corrected chi connectivity index (χ1v) is 17.8. The summed E-state index contributed by atoms with van der Waals surface area (Å²) < 4.78 is 0. The molecule has 1 spiro atoms. The van der Waals surface area contributed by atoms with Gasteiger partial charge in [-0.05, 0) is 79.9 Å². The van der Waals surface area contributed by atoms with E-state index in [2.05, 4.69) is 134 Å². The van der Waals surface area contributed by atoms with Crippen LogP contribution in [0.1, 0.15) is 47.2 Å². The zero-order chi connectivity index (χ0) is 34.9. The molecule has 0 unspecified atom stereocenters. The molecule has 2 aliphatic rings. The first-order valence-electron chi connectivity index (χ1n) is 17.8. The van der Waals surface area contributed by atoms with Crippen LogP contribution in [0.15, 0.2) is 170 Å². The maximum atomic E-state index is 5.00. The highest BCUT2D eigenvalue weighted by Crippen LogP contribution is 2.62. The maximum absolute atomic E-state index is 5.00. The van der Waals surface area contributed by atoms with Gasteiger partial charge in [0, 0.05) is 22.7 Å². The quantitative estimate of drug-likeness (QED) is 0.188. The number of pyridine rings is 1. The highest BCUT2D eigenvalue weighted by Gasteiger charge is 2.53. The molecule has 0 saturated heterocycles. The lowest BCUT2D eigenvalue weighted by Gasteiger charge is -2.46. The minimum Gasteiger partial charge on any atom is -0.253 e. The Morgan fingerprint density at radius 3 is 1.62 bits per heavy atom. The average molecular weight is 667 g/mol. The summed E-state index contributed by atoms with van der Waals surface area (Å²) in [6, 6.07) is 58.6. The fraction of sp³-hybridized carbons (Fsp3) is 0.0833. The van der Waals surface area contributed by atoms with Crippen molar-refractivity contribution in [3.63, 3.8) is 0 Å². The van der Waals surface area contributed by atoms with E-state index in [9.17, 15) is 0 Å². The van der Waals surface area contributed by atoms with Gasteiger partial charge < -0.3 is 0 Å². The molecule has 0 fully saturated rings. The van der Waals surface area contributed by atoms with Crippen molar-refractivity contribution in [2.45, 2.75) is 24.7 Å². The van der Waals surface area contributed by atoms with Crippen molar-refractivity contribution in [1.82, 2.24) is 19.9 Å². The number of benzene rings is 6. The van der Waals surface area contributed by atoms with Gasteiger partial charge in [0.15, 0.2) is 17.5 Å². The molecule has 0 radical (unpaired) electrons. The average Bonchev–Trinajstić information content (AvgIpc) is 3.51. The zero-order valence-electron chi connectivity index (χ0n) is 29.0. The Morgan fingerprint density at radius 1 is 0.365 bits per heavy atom. The molecule has 2 aliphatic carbocycles. The van der Waals surface area contributed by atoms with Crippen molar-refractivity contribution in [2.24, 2.45) is 0 Å². The topological polar surface area (TPSA) is 51.6 Å². The van der Waals surface area contributed by atoms with Crippen LogP contribution in [0.4, 0.5) is 0 Å². The van der Waals surface area contributed by atoms with E-state index in [1.54, 1.807) is 6.20 Å². The molecule has 52 heavy (non-hydrogen) atoms. The summed E-state index contributed by atoms with van der Waals surface area (Å²) in [6.45, 7) is 4.73. The molecule has 2 heterocycles. The van der Waals surface area contributed by atoms with Crippen molar-refractivity contribution < 1.29 is 0 Å². The number of fused-ring (bicyclic) bond motifs is 9. The molecule has 0 saturated carbocycles. The summed E-state index contributed by atoms with van der Waals surface area (Å²) >= 11 is 0. The summed E-state index contributed by atoms with van der Waals surface area (Å²) in [5.74, 6) is 1.77. The third kappa shape index (κ3) is 4.40. The lowest BCUT2D eigenvalue weighted by molar-refractivity contribution is 0.563. The van der Waals surface area contributed by atoms with Crippen LogP contribution in [0.5, 0.6) is 0 Å². The summed E-state index contributed by atoms with van der Waals surface area (Å²) in [6.07, 6.45) is 1.77. The summed E-state index contributed by atoms with van der Waals surface area (Å²) in [4.78, 5) is 19.4. The van der Waals surface area contributed by atoms with Gasteiger partial charge >= 0.3 is 0 Å². The number of rotatable bonds is 4. The van der Waals surface area contributed by atoms with E-state index < -0.39 is 5.41 Å². The van der Waals surface area contributed by atoms with E-state index in [0.29, 0.717) is 23.2 Å². The number of hydrogen-bond donors (Lipinski definition) is 0. The molecule has 6 aromatic carbocycles. The molecule has 0 atom stereocenters. The Morgan fingerprint density at radius 2 is 0.904 bits per heavy atom. The third-order valence-corrected chi connectivity index (χ3v) is 11.1. The highest BCUT2D eigenvalue weighted by molar-refractivity contribution is 5.90. The summed E-state index contributed by atoms with van der Waals surface area (Å²) in [5, 5.41) is 0. The lowest BCUT2D eigenvalue weighted by atomic mass is 9.55. The first-order chi connectivity index (χ1) is 25.5. The Kier molecular flexibility index (Phi) is 6.71. The van der Waals surface area contributed by atoms with Crippen LogP contribution < -0.4 is 0 Å². The zero-order valence-corrected chi connectivity index (χ0v) is 29.0. The van der Waals surface area contributed by atoms with E-state index in [4.69, 9.17) is 15.0 Å². The van der Waals surface area contributed by atoms with E-state index in [1.807, 2.05) is 48.5 Å². The van der Waals surface area contributed by atoms with Crippen LogP contribution in [-0.2, 0) is 10.8 Å². The predicted octanol–water partition coefficient (Wildman–Crippen LogP) is 10.9. The molecule has 0 amide bonds. The van der Waals surface area contributed by atoms with Gasteiger partial charge in [-0.2, -0.15) is 0 Å². The molecule has 246 valence electrons. The largest absolute Gasteiger partial charge is 0.253 e. The number of aromatic nitrogens is 4. The summed E-state index contributed by atoms with van der Waals surface area (Å²) in [5.41, 5.74) is 14.9. The first kappa shape index (κ1) is 30.3. The van der Waals surface area contributed by atoms with Crippen LogP contribution in [0.2, 0.25) is 0 Å². The van der Waals surface area contributed by atoms with Crippen molar-refractivity contribution >= 4 is 0 Å². The SMILES string of the molecule is CC1(C)c2ccccc2C2(c3ccccc3-c3ccc(-c4cccc(-c5nc(-c6ccccc6)nc(-c6ccccn6)n5)c4)cc32)c2ccccc21. The molecular formula is C48H34N4. The lowest BCUT2D eigenvalue weighted by Crippen LogP contribution is -2.40. The van der Waals surface area contributed by atoms with E-state index in [1.165, 1.54) is 44.5 Å². The van der Waals surface area contributed by atoms with Crippen molar-refractivity contribution in [2.75, 3.05) is 0 Å². The molecule has 0 aliphatic heterocycles. The normalized spacial score (nSPS) is 14.3. The molecule has 2 aromatic heterocycles. The van der Waals surface area contributed by atoms with Gasteiger partial charge in [-0.25, -0.2) is 15.0 Å². The van der Waals surface area contributed by atoms with Gasteiger partial charge in [0.1, 0.15) is 5.69 Å². The second-order valence-electron chi connectivity index (χ2n) is 14.2. The highest BCUT2D eigenvalue weighted by atomic mass is 15.0. The van der Waals surface area contributed by atoms with Crippen LogP contribution in [0.25, 0.3) is 56.5 Å². The van der Waals surface area contributed by atoms with Gasteiger partial charge in [-0.15, -0.1) is 0 Å². The van der Waals surface area contributed by atoms with Gasteiger partial charge in [0.05, 0.1) is 5.41 Å². The maximum Gasteiger partial charge on any atom is 0.182 e. The second kappa shape index (κ2) is 11.5. The third-order valence-electron chi connectivity index (χ3n) is 11.1. The minimum absolute atomic E-state index is 0.140. The fourth-order valence-corrected chi connectivity index (χ4v) is 8.71. The van der Waals surface area contributed by atoms with Crippen LogP contribution in [-0.4, -0.2) is 19.9 Å². The predicted molar refractivity (Wildman–Crippen MR) is 209 cm³/mol. The van der Waals surface area contributed by atoms with Gasteiger partial charge in [-0.1, -0.05) is 153 Å². The smallest absolute Gasteiger partial charge is 0.182 e. The van der Waals surface area contributed by atoms with Crippen molar-refractivity contribution in [1.29, 1.82) is 0 Å². The van der Waals surface area contributed by atoms with Crippen LogP contribution >= 0.6 is 0 Å². The van der Waals surface area contributed by atoms with E-state index in [0.717, 1.165) is 22.3 Å². The van der Waals surface area contributed by atoms with Crippen molar-refractivity contribution in [3.05, 3.63) is 203 Å². The molecular weight excluding hydrogens is 633 g/mol. The standard InChI is InChI=1S/C48H34N4/c1-47(2)38-21-8-10-23-40(38)48(41-24-11-9-22-39(41)47)37-20-7-6-19-35(37)36-27-26-33(30-42(36)48)32-17-14-18-34(29-32)45-50-44(31-15-4-3-5-16-31)51-46(52-45)43-25-12-13-28-49-43/h3-30H,1-2H3. The molecule has 8 aromatic rings. The molecule has 4 heteroatoms. The number of nitrogens with zero attached hydrogens (tertiary/aromatic N) is 4. The van der Waals surface area contributed by atoms with Crippen LogP contribution in [0, 0.1) is 0 Å². The number of hydrogen-bond acceptors (Lipinski definition) is 4. The Balaban J connectivity index is 1.17. The monoisotopic (exact) mass is 666 g/mol. The van der Waals surface area contributed by atoms with Gasteiger partial charge in [0.25, 0.3) is 0 Å². The minimum atomic E-state index is -0.446. The van der Waals surface area contributed by atoms with Crippen LogP contribution in [0.3, 0.4) is 0 Å². The molecule has 4 nitrogen and oxygen atoms in total. The fourth-order valence-electron chi connectivity index (χ4n) is 8.71. The van der Waals surface area contributed by atoms with E-state index in [-0.39, 0.29) is 5.41 Å².